The molecule has 1 aromatic rings. The van der Waals surface area contributed by atoms with Gasteiger partial charge in [-0.3, -0.25) is 4.79 Å². The first kappa shape index (κ1) is 26.3. The summed E-state index contributed by atoms with van der Waals surface area (Å²) < 4.78 is 41.0. The summed E-state index contributed by atoms with van der Waals surface area (Å²) in [5, 5.41) is 0. The largest absolute Gasteiger partial charge is 0.466 e. The molecular formula is C27H35NO9. The number of hydrogen-bond acceptors (Lipinski definition) is 9. The second kappa shape index (κ2) is 9.76. The normalized spacial score (nSPS) is 37.0. The first-order valence-corrected chi connectivity index (χ1v) is 12.5. The highest BCUT2D eigenvalue weighted by molar-refractivity contribution is 5.90. The minimum absolute atomic E-state index is 0.162. The van der Waals surface area contributed by atoms with Gasteiger partial charge >= 0.3 is 5.97 Å². The highest BCUT2D eigenvalue weighted by Gasteiger charge is 2.64. The van der Waals surface area contributed by atoms with Crippen LogP contribution in [0.2, 0.25) is 0 Å². The van der Waals surface area contributed by atoms with E-state index in [2.05, 4.69) is 0 Å². The van der Waals surface area contributed by atoms with Crippen LogP contribution in [0, 0.1) is 0 Å². The van der Waals surface area contributed by atoms with Gasteiger partial charge in [-0.15, -0.1) is 0 Å². The van der Waals surface area contributed by atoms with Crippen molar-refractivity contribution >= 4 is 11.9 Å². The van der Waals surface area contributed by atoms with Gasteiger partial charge in [0.2, 0.25) is 0 Å². The lowest BCUT2D eigenvalue weighted by Crippen LogP contribution is -2.72. The number of methoxy groups -OCH3 is 2. The number of carbonyl (C=O) groups is 2. The van der Waals surface area contributed by atoms with E-state index in [1.165, 1.54) is 20.3 Å². The van der Waals surface area contributed by atoms with Crippen LogP contribution >= 0.6 is 0 Å². The van der Waals surface area contributed by atoms with E-state index < -0.39 is 48.0 Å². The van der Waals surface area contributed by atoms with Crippen LogP contribution in [0.4, 0.5) is 0 Å². The molecule has 8 atom stereocenters. The summed E-state index contributed by atoms with van der Waals surface area (Å²) in [5.41, 5.74) is 1.03. The first-order valence-electron chi connectivity index (χ1n) is 12.5. The van der Waals surface area contributed by atoms with Crippen LogP contribution in [0.3, 0.4) is 0 Å². The summed E-state index contributed by atoms with van der Waals surface area (Å²) >= 11 is 0. The van der Waals surface area contributed by atoms with Crippen molar-refractivity contribution in [3.8, 4) is 0 Å². The minimum atomic E-state index is -0.949. The monoisotopic (exact) mass is 517 g/mol. The fraction of sp³-hybridized carbons (Fsp3) is 0.630. The number of nitrogens with zero attached hydrogens (tertiary/aromatic N) is 1. The van der Waals surface area contributed by atoms with Crippen molar-refractivity contribution in [2.45, 2.75) is 88.0 Å². The van der Waals surface area contributed by atoms with Crippen molar-refractivity contribution in [3.05, 3.63) is 48.0 Å². The van der Waals surface area contributed by atoms with Crippen molar-refractivity contribution in [2.24, 2.45) is 0 Å². The number of benzene rings is 1. The van der Waals surface area contributed by atoms with Gasteiger partial charge in [0.05, 0.1) is 25.8 Å². The van der Waals surface area contributed by atoms with E-state index in [0.717, 1.165) is 5.56 Å². The smallest absolute Gasteiger partial charge is 0.330 e. The fourth-order valence-corrected chi connectivity index (χ4v) is 5.57. The first-order chi connectivity index (χ1) is 17.5. The van der Waals surface area contributed by atoms with Gasteiger partial charge in [0, 0.05) is 13.2 Å². The van der Waals surface area contributed by atoms with Crippen LogP contribution in [-0.2, 0) is 42.7 Å². The minimum Gasteiger partial charge on any atom is -0.466 e. The van der Waals surface area contributed by atoms with Gasteiger partial charge < -0.3 is 38.1 Å². The quantitative estimate of drug-likeness (QED) is 0.222. The molecule has 4 fully saturated rings. The highest BCUT2D eigenvalue weighted by atomic mass is 16.8. The number of carbonyl (C=O) groups excluding carboxylic acids is 2. The van der Waals surface area contributed by atoms with E-state index in [9.17, 15) is 9.59 Å². The Morgan fingerprint density at radius 3 is 2.41 bits per heavy atom. The fourth-order valence-electron chi connectivity index (χ4n) is 5.57. The van der Waals surface area contributed by atoms with Crippen molar-refractivity contribution < 1.29 is 42.7 Å². The summed E-state index contributed by atoms with van der Waals surface area (Å²) in [7, 11) is 2.81. The molecule has 37 heavy (non-hydrogen) atoms. The van der Waals surface area contributed by atoms with E-state index in [1.807, 2.05) is 58.0 Å². The molecule has 1 aromatic carbocycles. The molecule has 10 nitrogen and oxygen atoms in total. The molecule has 4 heterocycles. The van der Waals surface area contributed by atoms with E-state index in [-0.39, 0.29) is 24.2 Å². The van der Waals surface area contributed by atoms with Crippen LogP contribution in [0.5, 0.6) is 0 Å². The van der Waals surface area contributed by atoms with Crippen molar-refractivity contribution in [2.75, 3.05) is 20.8 Å². The standard InChI is InChI=1S/C27H35NO9/c1-26(2)33-14-17(35-26)22-21(36-27(3,4)37-22)16(12-13-18(29)31-5)28-19(24(32-6)25(28)30)23-20(34-23)15-10-8-7-9-11-15/h7-13,16-17,19-24H,14H2,1-6H3/b13-12+/t16-,17+,19-,20+,21+,22+,23+,24+/m0/s1. The Kier molecular flexibility index (Phi) is 6.93. The van der Waals surface area contributed by atoms with Crippen LogP contribution in [0.15, 0.2) is 42.5 Å². The maximum absolute atomic E-state index is 13.4. The molecule has 0 N–H and O–H groups in total. The van der Waals surface area contributed by atoms with Gasteiger partial charge in [0.25, 0.3) is 5.91 Å². The van der Waals surface area contributed by atoms with Crippen molar-refractivity contribution in [1.29, 1.82) is 0 Å². The number of amides is 1. The van der Waals surface area contributed by atoms with Gasteiger partial charge in [-0.25, -0.2) is 4.79 Å². The maximum Gasteiger partial charge on any atom is 0.330 e. The predicted molar refractivity (Wildman–Crippen MR) is 129 cm³/mol. The summed E-state index contributed by atoms with van der Waals surface area (Å²) in [6, 6.07) is 8.78. The summed E-state index contributed by atoms with van der Waals surface area (Å²) in [6.07, 6.45) is 0.179. The molecule has 0 unspecified atom stereocenters. The van der Waals surface area contributed by atoms with Gasteiger partial charge in [-0.1, -0.05) is 36.4 Å². The topological polar surface area (TPSA) is 105 Å². The molecule has 202 valence electrons. The SMILES string of the molecule is COC(=O)/C=C/[C@@H]([C@H]1OC(C)(C)O[C@@H]1[C@H]1COC(C)(C)O1)N1C(=O)[C@H](OC)[C@@H]1[C@H]1O[C@@H]1c1ccccc1. The van der Waals surface area contributed by atoms with E-state index >= 15 is 0 Å². The molecule has 4 aliphatic heterocycles. The number of esters is 1. The average molecular weight is 518 g/mol. The third-order valence-electron chi connectivity index (χ3n) is 7.22. The number of likely N-dealkylation sites (tertiary alicyclic amines) is 1. The zero-order valence-corrected chi connectivity index (χ0v) is 22.0. The molecule has 0 spiro atoms. The van der Waals surface area contributed by atoms with Crippen LogP contribution in [0.25, 0.3) is 0 Å². The molecule has 5 rings (SSSR count). The molecule has 0 aromatic heterocycles. The molecule has 4 saturated heterocycles. The Balaban J connectivity index is 1.47. The summed E-state index contributed by atoms with van der Waals surface area (Å²) in [6.45, 7) is 7.60. The second-order valence-electron chi connectivity index (χ2n) is 10.6. The Hall–Kier alpha value is -2.34. The lowest BCUT2D eigenvalue weighted by Gasteiger charge is -2.50. The summed E-state index contributed by atoms with van der Waals surface area (Å²) in [5.74, 6) is -2.48. The van der Waals surface area contributed by atoms with E-state index in [0.29, 0.717) is 6.61 Å². The number of ether oxygens (including phenoxy) is 7. The van der Waals surface area contributed by atoms with E-state index in [1.54, 1.807) is 11.0 Å². The Labute approximate surface area is 216 Å². The van der Waals surface area contributed by atoms with Crippen LogP contribution in [-0.4, -0.2) is 91.8 Å². The number of hydrogen-bond donors (Lipinski definition) is 0. The molecule has 10 heteroatoms. The zero-order chi connectivity index (χ0) is 26.5. The Bertz CT molecular complexity index is 1040. The lowest BCUT2D eigenvalue weighted by molar-refractivity contribution is -0.185. The molecule has 0 bridgehead atoms. The Morgan fingerprint density at radius 2 is 1.78 bits per heavy atom. The summed E-state index contributed by atoms with van der Waals surface area (Å²) in [4.78, 5) is 27.2. The van der Waals surface area contributed by atoms with E-state index in [4.69, 9.17) is 33.2 Å². The number of rotatable bonds is 8. The molecule has 0 aliphatic carbocycles. The van der Waals surface area contributed by atoms with Crippen molar-refractivity contribution in [3.63, 3.8) is 0 Å². The predicted octanol–water partition coefficient (Wildman–Crippen LogP) is 2.12. The molecule has 4 aliphatic rings. The van der Waals surface area contributed by atoms with Gasteiger partial charge in [-0.2, -0.15) is 0 Å². The number of epoxide rings is 1. The maximum atomic E-state index is 13.4. The van der Waals surface area contributed by atoms with Gasteiger partial charge in [0.15, 0.2) is 17.7 Å². The Morgan fingerprint density at radius 1 is 1.05 bits per heavy atom. The molecule has 1 amide bonds. The molecular weight excluding hydrogens is 482 g/mol. The van der Waals surface area contributed by atoms with Crippen LogP contribution in [0.1, 0.15) is 39.4 Å². The lowest BCUT2D eigenvalue weighted by atomic mass is 9.86. The highest BCUT2D eigenvalue weighted by Crippen LogP contribution is 2.49. The van der Waals surface area contributed by atoms with Gasteiger partial charge in [-0.05, 0) is 33.3 Å². The zero-order valence-electron chi connectivity index (χ0n) is 22.0. The average Bonchev–Trinajstić information content (AvgIpc) is 3.45. The molecule has 0 radical (unpaired) electrons. The second-order valence-corrected chi connectivity index (χ2v) is 10.6. The third-order valence-corrected chi connectivity index (χ3v) is 7.22. The third kappa shape index (κ3) is 5.06. The molecule has 0 saturated carbocycles. The number of β-lactam (4-membered cyclic amide) rings is 1. The van der Waals surface area contributed by atoms with Gasteiger partial charge in [0.1, 0.15) is 30.5 Å². The van der Waals surface area contributed by atoms with Crippen molar-refractivity contribution in [1.82, 2.24) is 4.90 Å². The van der Waals surface area contributed by atoms with Crippen LogP contribution < -0.4 is 0 Å².